The lowest BCUT2D eigenvalue weighted by molar-refractivity contribution is 0.167. The summed E-state index contributed by atoms with van der Waals surface area (Å²) in [5.74, 6) is 2.35. The maximum atomic E-state index is 5.61. The molecule has 94 valence electrons. The highest BCUT2D eigenvalue weighted by molar-refractivity contribution is 5.30. The van der Waals surface area contributed by atoms with Crippen molar-refractivity contribution in [1.82, 2.24) is 9.97 Å². The van der Waals surface area contributed by atoms with E-state index in [2.05, 4.69) is 30.7 Å². The summed E-state index contributed by atoms with van der Waals surface area (Å²) in [6.45, 7) is 7.03. The van der Waals surface area contributed by atoms with Gasteiger partial charge in [0.15, 0.2) is 0 Å². The lowest BCUT2D eigenvalue weighted by Gasteiger charge is -2.36. The highest BCUT2D eigenvalue weighted by Crippen LogP contribution is 2.42. The van der Waals surface area contributed by atoms with Gasteiger partial charge in [0, 0.05) is 5.92 Å². The molecule has 1 fully saturated rings. The first-order chi connectivity index (χ1) is 7.97. The first-order valence-electron chi connectivity index (χ1n) is 6.54. The highest BCUT2D eigenvalue weighted by Gasteiger charge is 2.30. The Kier molecular flexibility index (Phi) is 3.36. The van der Waals surface area contributed by atoms with E-state index in [9.17, 15) is 0 Å². The van der Waals surface area contributed by atoms with E-state index < -0.39 is 0 Å². The zero-order chi connectivity index (χ0) is 12.5. The molecule has 2 rings (SSSR count). The molecule has 0 aromatic carbocycles. The van der Waals surface area contributed by atoms with Gasteiger partial charge in [0.25, 0.3) is 0 Å². The maximum absolute atomic E-state index is 5.61. The van der Waals surface area contributed by atoms with Crippen LogP contribution < -0.4 is 5.73 Å². The number of nitrogens with zero attached hydrogens (tertiary/aromatic N) is 2. The van der Waals surface area contributed by atoms with Crippen molar-refractivity contribution in [2.24, 2.45) is 11.3 Å². The molecular formula is C14H23N3. The number of rotatable bonds is 1. The topological polar surface area (TPSA) is 51.8 Å². The van der Waals surface area contributed by atoms with E-state index in [1.807, 2.05) is 0 Å². The SMILES string of the molecule is CC(C)(C)C1CCC(c2ncc(N)cn2)CC1. The van der Waals surface area contributed by atoms with Crippen LogP contribution in [-0.4, -0.2) is 9.97 Å². The summed E-state index contributed by atoms with van der Waals surface area (Å²) in [6.07, 6.45) is 8.46. The van der Waals surface area contributed by atoms with Gasteiger partial charge in [-0.05, 0) is 37.0 Å². The van der Waals surface area contributed by atoms with Crippen LogP contribution >= 0.6 is 0 Å². The molecule has 0 aliphatic heterocycles. The fourth-order valence-corrected chi connectivity index (χ4v) is 2.78. The number of hydrogen-bond acceptors (Lipinski definition) is 3. The number of anilines is 1. The van der Waals surface area contributed by atoms with E-state index in [1.54, 1.807) is 12.4 Å². The van der Waals surface area contributed by atoms with Crippen molar-refractivity contribution < 1.29 is 0 Å². The predicted octanol–water partition coefficient (Wildman–Crippen LogP) is 3.38. The Hall–Kier alpha value is -1.12. The third kappa shape index (κ3) is 2.96. The van der Waals surface area contributed by atoms with Crippen LogP contribution in [0.5, 0.6) is 0 Å². The first-order valence-corrected chi connectivity index (χ1v) is 6.54. The molecule has 1 aliphatic carbocycles. The van der Waals surface area contributed by atoms with Crippen molar-refractivity contribution in [3.8, 4) is 0 Å². The molecule has 0 bridgehead atoms. The van der Waals surface area contributed by atoms with Crippen molar-refractivity contribution in [3.63, 3.8) is 0 Å². The van der Waals surface area contributed by atoms with Gasteiger partial charge in [0.05, 0.1) is 18.1 Å². The summed E-state index contributed by atoms with van der Waals surface area (Å²) in [5, 5.41) is 0. The number of hydrogen-bond donors (Lipinski definition) is 1. The summed E-state index contributed by atoms with van der Waals surface area (Å²) < 4.78 is 0. The summed E-state index contributed by atoms with van der Waals surface area (Å²) in [4.78, 5) is 8.71. The van der Waals surface area contributed by atoms with Gasteiger partial charge in [-0.2, -0.15) is 0 Å². The van der Waals surface area contributed by atoms with Crippen LogP contribution in [0.25, 0.3) is 0 Å². The molecule has 1 heterocycles. The Morgan fingerprint density at radius 3 is 2.06 bits per heavy atom. The summed E-state index contributed by atoms with van der Waals surface area (Å²) >= 11 is 0. The van der Waals surface area contributed by atoms with Gasteiger partial charge in [-0.1, -0.05) is 20.8 Å². The van der Waals surface area contributed by atoms with E-state index in [0.717, 1.165) is 11.7 Å². The van der Waals surface area contributed by atoms with Gasteiger partial charge in [-0.3, -0.25) is 0 Å². The Morgan fingerprint density at radius 2 is 1.59 bits per heavy atom. The van der Waals surface area contributed by atoms with Crippen LogP contribution in [0.15, 0.2) is 12.4 Å². The second-order valence-electron chi connectivity index (χ2n) is 6.29. The van der Waals surface area contributed by atoms with Crippen LogP contribution in [0, 0.1) is 11.3 Å². The summed E-state index contributed by atoms with van der Waals surface area (Å²) in [5.41, 5.74) is 6.70. The summed E-state index contributed by atoms with van der Waals surface area (Å²) in [7, 11) is 0. The number of aromatic nitrogens is 2. The van der Waals surface area contributed by atoms with Gasteiger partial charge in [-0.25, -0.2) is 9.97 Å². The van der Waals surface area contributed by atoms with Crippen LogP contribution in [-0.2, 0) is 0 Å². The van der Waals surface area contributed by atoms with Crippen LogP contribution in [0.2, 0.25) is 0 Å². The van der Waals surface area contributed by atoms with Gasteiger partial charge in [-0.15, -0.1) is 0 Å². The van der Waals surface area contributed by atoms with E-state index in [4.69, 9.17) is 5.73 Å². The van der Waals surface area contributed by atoms with Gasteiger partial charge < -0.3 is 5.73 Å². The molecule has 0 radical (unpaired) electrons. The van der Waals surface area contributed by atoms with Crippen molar-refractivity contribution in [1.29, 1.82) is 0 Å². The van der Waals surface area contributed by atoms with Crippen LogP contribution in [0.1, 0.15) is 58.2 Å². The standard InChI is InChI=1S/C14H23N3/c1-14(2,3)11-6-4-10(5-7-11)13-16-8-12(15)9-17-13/h8-11H,4-7,15H2,1-3H3. The molecule has 1 aromatic heterocycles. The smallest absolute Gasteiger partial charge is 0.131 e. The lowest BCUT2D eigenvalue weighted by Crippen LogP contribution is -2.25. The molecule has 3 nitrogen and oxygen atoms in total. The summed E-state index contributed by atoms with van der Waals surface area (Å²) in [6, 6.07) is 0. The minimum absolute atomic E-state index is 0.437. The fraction of sp³-hybridized carbons (Fsp3) is 0.714. The Morgan fingerprint density at radius 1 is 1.06 bits per heavy atom. The molecule has 3 heteroatoms. The Labute approximate surface area is 104 Å². The van der Waals surface area contributed by atoms with E-state index in [-0.39, 0.29) is 0 Å². The Bertz CT molecular complexity index is 356. The minimum atomic E-state index is 0.437. The second kappa shape index (κ2) is 4.63. The zero-order valence-corrected chi connectivity index (χ0v) is 11.1. The molecular weight excluding hydrogens is 210 g/mol. The molecule has 0 amide bonds. The Balaban J connectivity index is 1.97. The van der Waals surface area contributed by atoms with Gasteiger partial charge in [0.2, 0.25) is 0 Å². The molecule has 1 aliphatic rings. The van der Waals surface area contributed by atoms with Gasteiger partial charge in [0.1, 0.15) is 5.82 Å². The molecule has 0 saturated heterocycles. The predicted molar refractivity (Wildman–Crippen MR) is 70.6 cm³/mol. The number of nitrogens with two attached hydrogens (primary N) is 1. The second-order valence-corrected chi connectivity index (χ2v) is 6.29. The molecule has 17 heavy (non-hydrogen) atoms. The largest absolute Gasteiger partial charge is 0.396 e. The minimum Gasteiger partial charge on any atom is -0.396 e. The fourth-order valence-electron chi connectivity index (χ4n) is 2.78. The third-order valence-electron chi connectivity index (χ3n) is 4.01. The monoisotopic (exact) mass is 233 g/mol. The molecule has 1 aromatic rings. The highest BCUT2D eigenvalue weighted by atomic mass is 14.9. The van der Waals surface area contributed by atoms with Crippen molar-refractivity contribution >= 4 is 5.69 Å². The van der Waals surface area contributed by atoms with Crippen molar-refractivity contribution in [3.05, 3.63) is 18.2 Å². The van der Waals surface area contributed by atoms with Crippen molar-refractivity contribution in [2.75, 3.05) is 5.73 Å². The molecule has 0 atom stereocenters. The first kappa shape index (κ1) is 12.3. The van der Waals surface area contributed by atoms with Crippen molar-refractivity contribution in [2.45, 2.75) is 52.4 Å². The molecule has 1 saturated carbocycles. The molecule has 0 spiro atoms. The maximum Gasteiger partial charge on any atom is 0.131 e. The van der Waals surface area contributed by atoms with Gasteiger partial charge >= 0.3 is 0 Å². The zero-order valence-electron chi connectivity index (χ0n) is 11.1. The quantitative estimate of drug-likeness (QED) is 0.809. The van der Waals surface area contributed by atoms with E-state index in [0.29, 0.717) is 17.0 Å². The third-order valence-corrected chi connectivity index (χ3v) is 4.01. The lowest BCUT2D eigenvalue weighted by atomic mass is 9.70. The molecule has 0 unspecified atom stereocenters. The van der Waals surface area contributed by atoms with Crippen LogP contribution in [0.3, 0.4) is 0 Å². The van der Waals surface area contributed by atoms with E-state index >= 15 is 0 Å². The average molecular weight is 233 g/mol. The molecule has 2 N–H and O–H groups in total. The number of nitrogen functional groups attached to an aromatic ring is 1. The average Bonchev–Trinajstić information content (AvgIpc) is 2.29. The normalized spacial score (nSPS) is 25.8. The van der Waals surface area contributed by atoms with Crippen LogP contribution in [0.4, 0.5) is 5.69 Å². The van der Waals surface area contributed by atoms with E-state index in [1.165, 1.54) is 25.7 Å².